The standard InChI is InChI=1S/C26H31N5O4/c1-19-6-3-4-16-29(19)17-5-15-27-26(32)25-18-24(20-7-13-23(35-2)14-8-20)28-30(25)21-9-11-22(12-10-21)31(33)34/h7-14,18-19H,3-6,15-17H2,1-2H3,(H,27,32). The zero-order valence-corrected chi connectivity index (χ0v) is 20.1. The van der Waals surface area contributed by atoms with Gasteiger partial charge in [0.1, 0.15) is 11.4 Å². The number of ether oxygens (including phenoxy) is 1. The molecule has 2 aromatic carbocycles. The van der Waals surface area contributed by atoms with Crippen LogP contribution in [0.3, 0.4) is 0 Å². The van der Waals surface area contributed by atoms with Crippen molar-refractivity contribution in [2.75, 3.05) is 26.7 Å². The Balaban J connectivity index is 1.53. The highest BCUT2D eigenvalue weighted by Crippen LogP contribution is 2.25. The summed E-state index contributed by atoms with van der Waals surface area (Å²) in [5, 5.41) is 18.7. The molecule has 1 saturated heterocycles. The Bertz CT molecular complexity index is 1160. The molecule has 9 heteroatoms. The fourth-order valence-corrected chi connectivity index (χ4v) is 4.42. The number of likely N-dealkylation sites (tertiary alicyclic amines) is 1. The number of rotatable bonds is 9. The fourth-order valence-electron chi connectivity index (χ4n) is 4.42. The Morgan fingerprint density at radius 3 is 2.57 bits per heavy atom. The van der Waals surface area contributed by atoms with Crippen LogP contribution in [0.5, 0.6) is 5.75 Å². The molecule has 4 rings (SSSR count). The lowest BCUT2D eigenvalue weighted by Gasteiger charge is -2.33. The van der Waals surface area contributed by atoms with Gasteiger partial charge in [-0.15, -0.1) is 0 Å². The van der Waals surface area contributed by atoms with E-state index < -0.39 is 4.92 Å². The number of amides is 1. The summed E-state index contributed by atoms with van der Waals surface area (Å²) in [5.74, 6) is 0.492. The molecule has 0 radical (unpaired) electrons. The average Bonchev–Trinajstić information content (AvgIpc) is 3.33. The average molecular weight is 478 g/mol. The number of hydrogen-bond acceptors (Lipinski definition) is 6. The maximum absolute atomic E-state index is 13.2. The summed E-state index contributed by atoms with van der Waals surface area (Å²) in [7, 11) is 1.60. The minimum atomic E-state index is -0.452. The first-order chi connectivity index (χ1) is 17.0. The second kappa shape index (κ2) is 11.1. The Morgan fingerprint density at radius 1 is 1.17 bits per heavy atom. The number of aromatic nitrogens is 2. The molecule has 0 aliphatic carbocycles. The van der Waals surface area contributed by atoms with Gasteiger partial charge in [0, 0.05) is 36.8 Å². The van der Waals surface area contributed by atoms with Gasteiger partial charge in [0.15, 0.2) is 0 Å². The van der Waals surface area contributed by atoms with Crippen molar-refractivity contribution in [2.24, 2.45) is 0 Å². The van der Waals surface area contributed by atoms with Crippen molar-refractivity contribution in [1.29, 1.82) is 0 Å². The molecule has 1 amide bonds. The maximum atomic E-state index is 13.2. The van der Waals surface area contributed by atoms with Gasteiger partial charge in [-0.3, -0.25) is 14.9 Å². The van der Waals surface area contributed by atoms with Gasteiger partial charge in [-0.05, 0) is 75.2 Å². The zero-order valence-electron chi connectivity index (χ0n) is 20.1. The van der Waals surface area contributed by atoms with Crippen LogP contribution in [0.15, 0.2) is 54.6 Å². The van der Waals surface area contributed by atoms with Gasteiger partial charge in [0.2, 0.25) is 0 Å². The third kappa shape index (κ3) is 5.86. The number of piperidine rings is 1. The van der Waals surface area contributed by atoms with E-state index in [0.717, 1.165) is 30.8 Å². The maximum Gasteiger partial charge on any atom is 0.270 e. The number of carbonyl (C=O) groups excluding carboxylic acids is 1. The van der Waals surface area contributed by atoms with Crippen LogP contribution in [0.1, 0.15) is 43.1 Å². The minimum absolute atomic E-state index is 0.0192. The summed E-state index contributed by atoms with van der Waals surface area (Å²) < 4.78 is 6.76. The Morgan fingerprint density at radius 2 is 1.91 bits per heavy atom. The van der Waals surface area contributed by atoms with E-state index in [1.165, 1.54) is 36.1 Å². The predicted molar refractivity (Wildman–Crippen MR) is 134 cm³/mol. The molecular weight excluding hydrogens is 446 g/mol. The van der Waals surface area contributed by atoms with Crippen LogP contribution in [-0.2, 0) is 0 Å². The molecule has 2 heterocycles. The van der Waals surface area contributed by atoms with E-state index in [-0.39, 0.29) is 11.6 Å². The van der Waals surface area contributed by atoms with Crippen molar-refractivity contribution in [2.45, 2.75) is 38.6 Å². The molecule has 1 aliphatic heterocycles. The van der Waals surface area contributed by atoms with Gasteiger partial charge < -0.3 is 15.0 Å². The molecule has 1 unspecified atom stereocenters. The van der Waals surface area contributed by atoms with Crippen LogP contribution in [0.25, 0.3) is 16.9 Å². The number of benzene rings is 2. The largest absolute Gasteiger partial charge is 0.497 e. The highest BCUT2D eigenvalue weighted by atomic mass is 16.6. The van der Waals surface area contributed by atoms with E-state index in [4.69, 9.17) is 4.74 Å². The molecule has 0 saturated carbocycles. The Hall–Kier alpha value is -3.72. The van der Waals surface area contributed by atoms with Crippen molar-refractivity contribution in [1.82, 2.24) is 20.0 Å². The monoisotopic (exact) mass is 477 g/mol. The van der Waals surface area contributed by atoms with Gasteiger partial charge in [-0.25, -0.2) is 4.68 Å². The second-order valence-corrected chi connectivity index (χ2v) is 8.82. The number of hydrogen-bond donors (Lipinski definition) is 1. The van der Waals surface area contributed by atoms with Crippen molar-refractivity contribution in [3.8, 4) is 22.7 Å². The molecule has 1 atom stereocenters. The molecule has 3 aromatic rings. The SMILES string of the molecule is COc1ccc(-c2cc(C(=O)NCCCN3CCCCC3C)n(-c3ccc([N+](=O)[O-])cc3)n2)cc1. The third-order valence-electron chi connectivity index (χ3n) is 6.48. The lowest BCUT2D eigenvalue weighted by molar-refractivity contribution is -0.384. The predicted octanol–water partition coefficient (Wildman–Crippen LogP) is 4.45. The summed E-state index contributed by atoms with van der Waals surface area (Å²) in [6.45, 7) is 4.90. The molecule has 1 aromatic heterocycles. The van der Waals surface area contributed by atoms with Crippen LogP contribution in [0.2, 0.25) is 0 Å². The number of carbonyl (C=O) groups is 1. The molecule has 0 bridgehead atoms. The molecular formula is C26H31N5O4. The molecule has 0 spiro atoms. The highest BCUT2D eigenvalue weighted by molar-refractivity contribution is 5.94. The van der Waals surface area contributed by atoms with Gasteiger partial charge >= 0.3 is 0 Å². The first-order valence-electron chi connectivity index (χ1n) is 12.0. The van der Waals surface area contributed by atoms with Gasteiger partial charge in [0.05, 0.1) is 23.4 Å². The van der Waals surface area contributed by atoms with E-state index in [1.807, 2.05) is 24.3 Å². The van der Waals surface area contributed by atoms with E-state index in [0.29, 0.717) is 29.7 Å². The molecule has 35 heavy (non-hydrogen) atoms. The Labute approximate surface area is 204 Å². The highest BCUT2D eigenvalue weighted by Gasteiger charge is 2.20. The van der Waals surface area contributed by atoms with Crippen LogP contribution < -0.4 is 10.1 Å². The van der Waals surface area contributed by atoms with Crippen molar-refractivity contribution in [3.63, 3.8) is 0 Å². The van der Waals surface area contributed by atoms with Crippen LogP contribution in [-0.4, -0.2) is 58.3 Å². The van der Waals surface area contributed by atoms with E-state index in [2.05, 4.69) is 22.2 Å². The molecule has 9 nitrogen and oxygen atoms in total. The summed E-state index contributed by atoms with van der Waals surface area (Å²) >= 11 is 0. The van der Waals surface area contributed by atoms with Crippen LogP contribution in [0.4, 0.5) is 5.69 Å². The number of methoxy groups -OCH3 is 1. The number of nitro benzene ring substituents is 1. The van der Waals surface area contributed by atoms with Crippen molar-refractivity contribution >= 4 is 11.6 Å². The molecule has 1 fully saturated rings. The van der Waals surface area contributed by atoms with E-state index in [9.17, 15) is 14.9 Å². The van der Waals surface area contributed by atoms with E-state index >= 15 is 0 Å². The number of non-ortho nitro benzene ring substituents is 1. The molecule has 184 valence electrons. The Kier molecular flexibility index (Phi) is 7.77. The quantitative estimate of drug-likeness (QED) is 0.277. The summed E-state index contributed by atoms with van der Waals surface area (Å²) in [6, 6.07) is 15.8. The lowest BCUT2D eigenvalue weighted by Crippen LogP contribution is -2.39. The van der Waals surface area contributed by atoms with Gasteiger partial charge in [0.25, 0.3) is 11.6 Å². The van der Waals surface area contributed by atoms with Gasteiger partial charge in [-0.1, -0.05) is 6.42 Å². The van der Waals surface area contributed by atoms with Gasteiger partial charge in [-0.2, -0.15) is 5.10 Å². The summed E-state index contributed by atoms with van der Waals surface area (Å²) in [4.78, 5) is 26.2. The van der Waals surface area contributed by atoms with Crippen LogP contribution >= 0.6 is 0 Å². The fraction of sp³-hybridized carbons (Fsp3) is 0.385. The normalized spacial score (nSPS) is 16.1. The third-order valence-corrected chi connectivity index (χ3v) is 6.48. The topological polar surface area (TPSA) is 103 Å². The summed E-state index contributed by atoms with van der Waals surface area (Å²) in [6.07, 6.45) is 4.62. The van der Waals surface area contributed by atoms with Crippen molar-refractivity contribution in [3.05, 3.63) is 70.4 Å². The van der Waals surface area contributed by atoms with Crippen molar-refractivity contribution < 1.29 is 14.5 Å². The van der Waals surface area contributed by atoms with E-state index in [1.54, 1.807) is 25.3 Å². The first kappa shape index (κ1) is 24.4. The molecule has 1 aliphatic rings. The smallest absolute Gasteiger partial charge is 0.270 e. The summed E-state index contributed by atoms with van der Waals surface area (Å²) in [5.41, 5.74) is 2.38. The number of nitrogens with zero attached hydrogens (tertiary/aromatic N) is 4. The number of nitro groups is 1. The number of nitrogens with one attached hydrogen (secondary N) is 1. The second-order valence-electron chi connectivity index (χ2n) is 8.82. The molecule has 1 N–H and O–H groups in total. The van der Waals surface area contributed by atoms with Crippen LogP contribution in [0, 0.1) is 10.1 Å². The zero-order chi connectivity index (χ0) is 24.8. The minimum Gasteiger partial charge on any atom is -0.497 e. The first-order valence-corrected chi connectivity index (χ1v) is 12.0. The lowest BCUT2D eigenvalue weighted by atomic mass is 10.0.